The van der Waals surface area contributed by atoms with Crippen LogP contribution in [0.5, 0.6) is 5.75 Å². The summed E-state index contributed by atoms with van der Waals surface area (Å²) < 4.78 is 0. The molecule has 0 saturated heterocycles. The number of nitrogens with one attached hydrogen (secondary N) is 1. The van der Waals surface area contributed by atoms with Crippen molar-refractivity contribution in [2.75, 3.05) is 0 Å². The molecule has 0 aliphatic heterocycles. The lowest BCUT2D eigenvalue weighted by molar-refractivity contribution is -0.120. The number of phenols is 1. The van der Waals surface area contributed by atoms with E-state index in [1.807, 2.05) is 36.4 Å². The van der Waals surface area contributed by atoms with E-state index in [1.165, 1.54) is 0 Å². The van der Waals surface area contributed by atoms with Gasteiger partial charge in [0, 0.05) is 5.56 Å². The fraction of sp³-hybridized carbons (Fsp3) is 0.125. The summed E-state index contributed by atoms with van der Waals surface area (Å²) in [6.45, 7) is 1.78. The summed E-state index contributed by atoms with van der Waals surface area (Å²) in [5.74, 6) is 0.00312. The van der Waals surface area contributed by atoms with Crippen molar-refractivity contribution in [2.45, 2.75) is 13.3 Å². The number of carbonyl (C=O) groups is 1. The molecule has 2 aromatic carbocycles. The molecule has 102 valence electrons. The van der Waals surface area contributed by atoms with E-state index in [0.717, 1.165) is 11.1 Å². The SMILES string of the molecule is C/C(=N/NC(=O)Cc1ccccc1)c1cccc(O)c1. The molecule has 4 heteroatoms. The Bertz CT molecular complexity index is 621. The van der Waals surface area contributed by atoms with E-state index in [9.17, 15) is 9.90 Å². The van der Waals surface area contributed by atoms with Gasteiger partial charge in [-0.1, -0.05) is 42.5 Å². The van der Waals surface area contributed by atoms with Crippen molar-refractivity contribution in [1.29, 1.82) is 0 Å². The number of hydrazone groups is 1. The van der Waals surface area contributed by atoms with Crippen LogP contribution in [0.4, 0.5) is 0 Å². The number of hydrogen-bond donors (Lipinski definition) is 2. The van der Waals surface area contributed by atoms with E-state index in [1.54, 1.807) is 25.1 Å². The molecule has 0 atom stereocenters. The second-order valence-corrected chi connectivity index (χ2v) is 4.44. The Balaban J connectivity index is 1.97. The minimum atomic E-state index is -0.171. The molecule has 0 aliphatic carbocycles. The van der Waals surface area contributed by atoms with Crippen LogP contribution >= 0.6 is 0 Å². The van der Waals surface area contributed by atoms with Gasteiger partial charge in [-0.2, -0.15) is 5.10 Å². The first-order valence-corrected chi connectivity index (χ1v) is 6.31. The maximum atomic E-state index is 11.7. The van der Waals surface area contributed by atoms with Gasteiger partial charge < -0.3 is 5.11 Å². The largest absolute Gasteiger partial charge is 0.508 e. The van der Waals surface area contributed by atoms with Crippen molar-refractivity contribution >= 4 is 11.6 Å². The molecule has 0 fully saturated rings. The number of amides is 1. The van der Waals surface area contributed by atoms with E-state index in [4.69, 9.17) is 0 Å². The zero-order chi connectivity index (χ0) is 14.4. The summed E-state index contributed by atoms with van der Waals surface area (Å²) in [5.41, 5.74) is 4.87. The summed E-state index contributed by atoms with van der Waals surface area (Å²) in [4.78, 5) is 11.7. The van der Waals surface area contributed by atoms with E-state index in [2.05, 4.69) is 10.5 Å². The molecule has 0 radical (unpaired) electrons. The molecule has 0 heterocycles. The number of benzene rings is 2. The van der Waals surface area contributed by atoms with Crippen LogP contribution in [0, 0.1) is 0 Å². The van der Waals surface area contributed by atoms with Crippen molar-refractivity contribution in [3.05, 3.63) is 65.7 Å². The lowest BCUT2D eigenvalue weighted by atomic mass is 10.1. The molecular weight excluding hydrogens is 252 g/mol. The Hall–Kier alpha value is -2.62. The highest BCUT2D eigenvalue weighted by atomic mass is 16.3. The van der Waals surface area contributed by atoms with Crippen LogP contribution in [0.15, 0.2) is 59.7 Å². The van der Waals surface area contributed by atoms with Gasteiger partial charge in [0.2, 0.25) is 5.91 Å². The molecule has 0 saturated carbocycles. The fourth-order valence-electron chi connectivity index (χ4n) is 1.76. The van der Waals surface area contributed by atoms with E-state index < -0.39 is 0 Å². The zero-order valence-corrected chi connectivity index (χ0v) is 11.2. The lowest BCUT2D eigenvalue weighted by Crippen LogP contribution is -2.21. The first-order chi connectivity index (χ1) is 9.65. The van der Waals surface area contributed by atoms with Crippen molar-refractivity contribution in [3.8, 4) is 5.75 Å². The van der Waals surface area contributed by atoms with Gasteiger partial charge in [-0.3, -0.25) is 4.79 Å². The predicted octanol–water partition coefficient (Wildman–Crippen LogP) is 2.48. The van der Waals surface area contributed by atoms with Gasteiger partial charge in [-0.15, -0.1) is 0 Å². The second kappa shape index (κ2) is 6.52. The minimum absolute atomic E-state index is 0.171. The number of carbonyl (C=O) groups excluding carboxylic acids is 1. The minimum Gasteiger partial charge on any atom is -0.508 e. The molecule has 4 nitrogen and oxygen atoms in total. The Labute approximate surface area is 117 Å². The molecular formula is C16H16N2O2. The zero-order valence-electron chi connectivity index (χ0n) is 11.2. The van der Waals surface area contributed by atoms with Gasteiger partial charge in [0.05, 0.1) is 12.1 Å². The summed E-state index contributed by atoms with van der Waals surface area (Å²) >= 11 is 0. The third-order valence-electron chi connectivity index (χ3n) is 2.82. The van der Waals surface area contributed by atoms with E-state index in [-0.39, 0.29) is 18.1 Å². The van der Waals surface area contributed by atoms with Crippen molar-refractivity contribution in [1.82, 2.24) is 5.43 Å². The standard InChI is InChI=1S/C16H16N2O2/c1-12(14-8-5-9-15(19)11-14)17-18-16(20)10-13-6-3-2-4-7-13/h2-9,11,19H,10H2,1H3,(H,18,20)/b17-12-. The van der Waals surface area contributed by atoms with Crippen LogP contribution in [0.2, 0.25) is 0 Å². The van der Waals surface area contributed by atoms with Gasteiger partial charge in [0.25, 0.3) is 0 Å². The summed E-state index contributed by atoms with van der Waals surface area (Å²) in [6.07, 6.45) is 0.289. The average molecular weight is 268 g/mol. The highest BCUT2D eigenvalue weighted by molar-refractivity contribution is 5.99. The molecule has 0 aromatic heterocycles. The molecule has 1 amide bonds. The molecule has 2 N–H and O–H groups in total. The van der Waals surface area contributed by atoms with Crippen LogP contribution in [0.25, 0.3) is 0 Å². The van der Waals surface area contributed by atoms with Gasteiger partial charge >= 0.3 is 0 Å². The first kappa shape index (κ1) is 13.8. The van der Waals surface area contributed by atoms with E-state index >= 15 is 0 Å². The Morgan fingerprint density at radius 2 is 1.90 bits per heavy atom. The molecule has 0 unspecified atom stereocenters. The maximum Gasteiger partial charge on any atom is 0.244 e. The fourth-order valence-corrected chi connectivity index (χ4v) is 1.76. The number of rotatable bonds is 4. The second-order valence-electron chi connectivity index (χ2n) is 4.44. The predicted molar refractivity (Wildman–Crippen MR) is 78.6 cm³/mol. The summed E-state index contributed by atoms with van der Waals surface area (Å²) in [7, 11) is 0. The maximum absolute atomic E-state index is 11.7. The lowest BCUT2D eigenvalue weighted by Gasteiger charge is -2.03. The Kier molecular flexibility index (Phi) is 4.50. The van der Waals surface area contributed by atoms with Crippen LogP contribution < -0.4 is 5.43 Å². The van der Waals surface area contributed by atoms with Crippen LogP contribution in [0.3, 0.4) is 0 Å². The highest BCUT2D eigenvalue weighted by Crippen LogP contribution is 2.11. The molecule has 0 spiro atoms. The first-order valence-electron chi connectivity index (χ1n) is 6.31. The normalized spacial score (nSPS) is 11.2. The molecule has 0 bridgehead atoms. The van der Waals surface area contributed by atoms with Crippen LogP contribution in [-0.4, -0.2) is 16.7 Å². The summed E-state index contributed by atoms with van der Waals surface area (Å²) in [5, 5.41) is 13.4. The Morgan fingerprint density at radius 3 is 2.60 bits per heavy atom. The quantitative estimate of drug-likeness (QED) is 0.661. The van der Waals surface area contributed by atoms with Crippen molar-refractivity contribution < 1.29 is 9.90 Å². The van der Waals surface area contributed by atoms with Crippen LogP contribution in [-0.2, 0) is 11.2 Å². The highest BCUT2D eigenvalue weighted by Gasteiger charge is 2.03. The van der Waals surface area contributed by atoms with Gasteiger partial charge in [0.1, 0.15) is 5.75 Å². The van der Waals surface area contributed by atoms with Gasteiger partial charge in [-0.25, -0.2) is 5.43 Å². The van der Waals surface area contributed by atoms with Crippen molar-refractivity contribution in [2.24, 2.45) is 5.10 Å². The topological polar surface area (TPSA) is 61.7 Å². The number of nitrogens with zero attached hydrogens (tertiary/aromatic N) is 1. The van der Waals surface area contributed by atoms with Gasteiger partial charge in [0.15, 0.2) is 0 Å². The third kappa shape index (κ3) is 3.95. The Morgan fingerprint density at radius 1 is 1.15 bits per heavy atom. The van der Waals surface area contributed by atoms with E-state index in [0.29, 0.717) is 5.71 Å². The molecule has 0 aliphatic rings. The monoisotopic (exact) mass is 268 g/mol. The summed E-state index contributed by atoms with van der Waals surface area (Å²) in [6, 6.07) is 16.2. The number of aromatic hydroxyl groups is 1. The smallest absolute Gasteiger partial charge is 0.244 e. The van der Waals surface area contributed by atoms with Gasteiger partial charge in [-0.05, 0) is 24.6 Å². The third-order valence-corrected chi connectivity index (χ3v) is 2.82. The molecule has 2 rings (SSSR count). The number of phenolic OH excluding ortho intramolecular Hbond substituents is 1. The van der Waals surface area contributed by atoms with Crippen LogP contribution in [0.1, 0.15) is 18.1 Å². The van der Waals surface area contributed by atoms with Crippen molar-refractivity contribution in [3.63, 3.8) is 0 Å². The number of hydrogen-bond acceptors (Lipinski definition) is 3. The molecule has 20 heavy (non-hydrogen) atoms. The average Bonchev–Trinajstić information content (AvgIpc) is 2.46. The molecule has 2 aromatic rings.